The number of nitrogens with two attached hydrogens (primary N) is 2. The molecule has 0 spiro atoms. The van der Waals surface area contributed by atoms with Crippen LogP contribution in [0.2, 0.25) is 0 Å². The third-order valence-electron chi connectivity index (χ3n) is 7.80. The second-order valence-electron chi connectivity index (χ2n) is 12.6. The zero-order valence-corrected chi connectivity index (χ0v) is 29.1. The number of benzene rings is 1. The number of hydrogen-bond donors (Lipinski definition) is 9. The molecule has 16 heteroatoms. The van der Waals surface area contributed by atoms with Gasteiger partial charge in [-0.3, -0.25) is 28.8 Å². The number of carbonyl (C=O) groups excluding carboxylic acids is 5. The van der Waals surface area contributed by atoms with Crippen LogP contribution in [0.1, 0.15) is 70.6 Å². The van der Waals surface area contributed by atoms with Gasteiger partial charge in [-0.2, -0.15) is 0 Å². The van der Waals surface area contributed by atoms with Crippen LogP contribution in [0.3, 0.4) is 0 Å². The molecular weight excluding hydrogens is 646 g/mol. The van der Waals surface area contributed by atoms with Gasteiger partial charge in [0.2, 0.25) is 29.5 Å². The fraction of sp³-hybridized carbons (Fsp3) is 0.559. The average Bonchev–Trinajstić information content (AvgIpc) is 3.58. The number of carboxylic acid groups (broad SMARTS) is 1. The van der Waals surface area contributed by atoms with E-state index in [-0.39, 0.29) is 38.0 Å². The van der Waals surface area contributed by atoms with Crippen molar-refractivity contribution in [3.8, 4) is 0 Å². The topological polar surface area (TPSA) is 264 Å². The Morgan fingerprint density at radius 1 is 0.800 bits per heavy atom. The third kappa shape index (κ3) is 15.2. The van der Waals surface area contributed by atoms with Crippen molar-refractivity contribution in [3.05, 3.63) is 54.1 Å². The van der Waals surface area contributed by atoms with Gasteiger partial charge in [0.05, 0.1) is 12.4 Å². The Bertz CT molecular complexity index is 1370. The lowest BCUT2D eigenvalue weighted by Crippen LogP contribution is -2.59. The molecule has 5 atom stereocenters. The zero-order chi connectivity index (χ0) is 37.1. The molecule has 276 valence electrons. The first-order valence-electron chi connectivity index (χ1n) is 17.0. The van der Waals surface area contributed by atoms with Crippen LogP contribution < -0.4 is 38.1 Å². The summed E-state index contributed by atoms with van der Waals surface area (Å²) in [5.74, 6) is -4.39. The molecule has 2 aromatic rings. The normalized spacial score (nSPS) is 14.0. The van der Waals surface area contributed by atoms with Gasteiger partial charge in [0, 0.05) is 31.3 Å². The van der Waals surface area contributed by atoms with Crippen LogP contribution >= 0.6 is 0 Å². The number of aliphatic carboxylic acids is 1. The van der Waals surface area contributed by atoms with E-state index in [1.807, 2.05) is 44.2 Å². The van der Waals surface area contributed by atoms with Gasteiger partial charge in [-0.05, 0) is 63.5 Å². The van der Waals surface area contributed by atoms with Crippen molar-refractivity contribution < 1.29 is 33.9 Å². The number of amides is 5. The van der Waals surface area contributed by atoms with E-state index >= 15 is 0 Å². The third-order valence-corrected chi connectivity index (χ3v) is 7.80. The van der Waals surface area contributed by atoms with Crippen LogP contribution in [0.15, 0.2) is 42.9 Å². The fourth-order valence-electron chi connectivity index (χ4n) is 5.18. The highest BCUT2D eigenvalue weighted by Crippen LogP contribution is 2.10. The number of H-pyrrole nitrogens is 1. The average molecular weight is 700 g/mol. The molecule has 0 fully saturated rings. The molecule has 0 aliphatic heterocycles. The van der Waals surface area contributed by atoms with Crippen LogP contribution in [0.4, 0.5) is 0 Å². The predicted molar refractivity (Wildman–Crippen MR) is 186 cm³/mol. The van der Waals surface area contributed by atoms with E-state index in [2.05, 4.69) is 36.6 Å². The first kappa shape index (κ1) is 41.3. The van der Waals surface area contributed by atoms with Crippen LogP contribution in [0, 0.1) is 5.92 Å². The standard InChI is InChI=1S/C34H53N9O7/c1-4-38-31(47)28(18-23-19-37-20-39-23)43-32(48)25(12-8-9-15-35)40-33(49)26(13-14-29(44)45)41-34(50)27(16-21(2)3)42-30(46)24(36)17-22-10-6-5-7-11-22/h5-7,10-11,19-21,24-28H,4,8-9,12-18,35-36H2,1-3H3,(H,37,39)(H,38,47)(H,40,49)(H,41,50)(H,42,46)(H,43,48)(H,44,45). The second-order valence-corrected chi connectivity index (χ2v) is 12.6. The van der Waals surface area contributed by atoms with Gasteiger partial charge < -0.3 is 48.1 Å². The lowest BCUT2D eigenvalue weighted by molar-refractivity contribution is -0.138. The number of rotatable bonds is 23. The zero-order valence-electron chi connectivity index (χ0n) is 29.1. The smallest absolute Gasteiger partial charge is 0.303 e. The van der Waals surface area contributed by atoms with Gasteiger partial charge >= 0.3 is 5.97 Å². The minimum atomic E-state index is -1.36. The highest BCUT2D eigenvalue weighted by Gasteiger charge is 2.32. The largest absolute Gasteiger partial charge is 0.481 e. The Balaban J connectivity index is 2.24. The fourth-order valence-corrected chi connectivity index (χ4v) is 5.18. The van der Waals surface area contributed by atoms with Crippen molar-refractivity contribution in [1.82, 2.24) is 36.6 Å². The van der Waals surface area contributed by atoms with Crippen LogP contribution in [0.25, 0.3) is 0 Å². The number of unbranched alkanes of at least 4 members (excludes halogenated alkanes) is 1. The molecule has 1 heterocycles. The molecule has 50 heavy (non-hydrogen) atoms. The molecule has 1 aromatic carbocycles. The van der Waals surface area contributed by atoms with E-state index in [9.17, 15) is 33.9 Å². The first-order chi connectivity index (χ1) is 23.8. The molecule has 2 rings (SSSR count). The number of carboxylic acids is 1. The Labute approximate surface area is 292 Å². The predicted octanol–water partition coefficient (Wildman–Crippen LogP) is -0.363. The summed E-state index contributed by atoms with van der Waals surface area (Å²) in [6.07, 6.45) is 3.95. The Morgan fingerprint density at radius 3 is 1.96 bits per heavy atom. The van der Waals surface area contributed by atoms with E-state index in [1.54, 1.807) is 6.92 Å². The summed E-state index contributed by atoms with van der Waals surface area (Å²) in [5.41, 5.74) is 13.3. The van der Waals surface area contributed by atoms with Crippen molar-refractivity contribution in [1.29, 1.82) is 0 Å². The minimum absolute atomic E-state index is 0.0436. The summed E-state index contributed by atoms with van der Waals surface area (Å²) in [6.45, 7) is 6.13. The molecular formula is C34H53N9O7. The molecule has 11 N–H and O–H groups in total. The summed E-state index contributed by atoms with van der Waals surface area (Å²) in [4.78, 5) is 85.0. The summed E-state index contributed by atoms with van der Waals surface area (Å²) in [5, 5.41) is 22.7. The molecule has 5 amide bonds. The molecule has 0 aliphatic carbocycles. The van der Waals surface area contributed by atoms with Crippen LogP contribution in [-0.2, 0) is 41.6 Å². The summed E-state index contributed by atoms with van der Waals surface area (Å²) >= 11 is 0. The van der Waals surface area contributed by atoms with Crippen molar-refractivity contribution in [2.75, 3.05) is 13.1 Å². The van der Waals surface area contributed by atoms with Crippen LogP contribution in [-0.4, -0.2) is 93.9 Å². The maximum absolute atomic E-state index is 13.7. The number of imidazole rings is 1. The number of hydrogen-bond acceptors (Lipinski definition) is 9. The van der Waals surface area contributed by atoms with Crippen molar-refractivity contribution in [2.45, 2.75) is 102 Å². The van der Waals surface area contributed by atoms with Gasteiger partial charge in [-0.1, -0.05) is 44.2 Å². The highest BCUT2D eigenvalue weighted by atomic mass is 16.4. The minimum Gasteiger partial charge on any atom is -0.481 e. The number of likely N-dealkylation sites (N-methyl/N-ethyl adjacent to an activating group) is 1. The molecule has 0 radical (unpaired) electrons. The number of nitrogens with zero attached hydrogens (tertiary/aromatic N) is 1. The monoisotopic (exact) mass is 699 g/mol. The van der Waals surface area contributed by atoms with Gasteiger partial charge in [-0.25, -0.2) is 4.98 Å². The SMILES string of the molecule is CCNC(=O)C(Cc1cnc[nH]1)NC(=O)C(CCCCN)NC(=O)C(CCC(=O)O)NC(=O)C(CC(C)C)NC(=O)C(N)Cc1ccccc1. The van der Waals surface area contributed by atoms with E-state index in [0.717, 1.165) is 5.56 Å². The van der Waals surface area contributed by atoms with E-state index in [0.29, 0.717) is 31.6 Å². The van der Waals surface area contributed by atoms with E-state index < -0.39 is 72.1 Å². The lowest BCUT2D eigenvalue weighted by Gasteiger charge is -2.27. The molecule has 0 saturated carbocycles. The van der Waals surface area contributed by atoms with Crippen molar-refractivity contribution in [2.24, 2.45) is 17.4 Å². The lowest BCUT2D eigenvalue weighted by atomic mass is 10.0. The van der Waals surface area contributed by atoms with Gasteiger partial charge in [0.1, 0.15) is 24.2 Å². The summed E-state index contributed by atoms with van der Waals surface area (Å²) in [7, 11) is 0. The summed E-state index contributed by atoms with van der Waals surface area (Å²) < 4.78 is 0. The Kier molecular flexibility index (Phi) is 18.2. The maximum Gasteiger partial charge on any atom is 0.303 e. The highest BCUT2D eigenvalue weighted by molar-refractivity contribution is 5.96. The van der Waals surface area contributed by atoms with E-state index in [1.165, 1.54) is 12.5 Å². The van der Waals surface area contributed by atoms with Gasteiger partial charge in [0.25, 0.3) is 0 Å². The van der Waals surface area contributed by atoms with Gasteiger partial charge in [-0.15, -0.1) is 0 Å². The van der Waals surface area contributed by atoms with Crippen molar-refractivity contribution in [3.63, 3.8) is 0 Å². The van der Waals surface area contributed by atoms with Crippen molar-refractivity contribution >= 4 is 35.5 Å². The Morgan fingerprint density at radius 2 is 1.40 bits per heavy atom. The van der Waals surface area contributed by atoms with Crippen LogP contribution in [0.5, 0.6) is 0 Å². The van der Waals surface area contributed by atoms with E-state index in [4.69, 9.17) is 11.5 Å². The number of aromatic nitrogens is 2. The quantitative estimate of drug-likeness (QED) is 0.0680. The number of aromatic amines is 1. The van der Waals surface area contributed by atoms with Gasteiger partial charge in [0.15, 0.2) is 0 Å². The summed E-state index contributed by atoms with van der Waals surface area (Å²) in [6, 6.07) is 3.64. The number of nitrogens with one attached hydrogen (secondary N) is 6. The first-order valence-corrected chi connectivity index (χ1v) is 17.0. The second kappa shape index (κ2) is 22.0. The Hall–Kier alpha value is -4.83. The molecule has 1 aromatic heterocycles. The molecule has 0 aliphatic rings. The molecule has 0 bridgehead atoms. The maximum atomic E-state index is 13.7. The molecule has 0 saturated heterocycles. The number of carbonyl (C=O) groups is 6. The molecule has 16 nitrogen and oxygen atoms in total. The molecule has 5 unspecified atom stereocenters.